The normalized spacial score (nSPS) is 21.5. The number of hydrogen-bond acceptors (Lipinski definition) is 5. The topological polar surface area (TPSA) is 65.1 Å². The standard InChI is InChI=1S/C16H18N4O2/c1-10-11(9-17-20(10)2)15-13(7-8-21-15)19-16-18-12-5-3-4-6-14(12)22-16/h3-6,9,13,15H,7-8H2,1-2H3,(H,18,19)/t13-,15+/m0/s1. The average Bonchev–Trinajstić information content (AvgIpc) is 3.20. The fraction of sp³-hybridized carbons (Fsp3) is 0.375. The number of oxazole rings is 1. The van der Waals surface area contributed by atoms with E-state index in [-0.39, 0.29) is 12.1 Å². The minimum Gasteiger partial charge on any atom is -0.424 e. The van der Waals surface area contributed by atoms with Crippen molar-refractivity contribution < 1.29 is 9.15 Å². The number of aryl methyl sites for hydroxylation is 1. The summed E-state index contributed by atoms with van der Waals surface area (Å²) >= 11 is 0. The van der Waals surface area contributed by atoms with Crippen LogP contribution >= 0.6 is 0 Å². The summed E-state index contributed by atoms with van der Waals surface area (Å²) in [7, 11) is 1.94. The highest BCUT2D eigenvalue weighted by Crippen LogP contribution is 2.33. The second-order valence-corrected chi connectivity index (χ2v) is 5.63. The largest absolute Gasteiger partial charge is 0.424 e. The van der Waals surface area contributed by atoms with Crippen LogP contribution in [0.2, 0.25) is 0 Å². The summed E-state index contributed by atoms with van der Waals surface area (Å²) in [5.74, 6) is 0. The minimum atomic E-state index is -0.0243. The van der Waals surface area contributed by atoms with Crippen LogP contribution in [-0.4, -0.2) is 27.4 Å². The molecule has 2 atom stereocenters. The van der Waals surface area contributed by atoms with Crippen LogP contribution in [0.1, 0.15) is 23.8 Å². The fourth-order valence-electron chi connectivity index (χ4n) is 2.93. The molecule has 6 heteroatoms. The van der Waals surface area contributed by atoms with E-state index in [2.05, 4.69) is 22.3 Å². The van der Waals surface area contributed by atoms with Gasteiger partial charge in [-0.25, -0.2) is 0 Å². The van der Waals surface area contributed by atoms with Gasteiger partial charge >= 0.3 is 0 Å². The summed E-state index contributed by atoms with van der Waals surface area (Å²) in [4.78, 5) is 4.48. The molecule has 0 amide bonds. The van der Waals surface area contributed by atoms with E-state index < -0.39 is 0 Å². The van der Waals surface area contributed by atoms with Gasteiger partial charge < -0.3 is 14.5 Å². The molecule has 1 aromatic carbocycles. The lowest BCUT2D eigenvalue weighted by atomic mass is 10.0. The zero-order valence-electron chi connectivity index (χ0n) is 12.6. The molecular weight excluding hydrogens is 280 g/mol. The van der Waals surface area contributed by atoms with Gasteiger partial charge in [-0.2, -0.15) is 10.1 Å². The number of rotatable bonds is 3. The van der Waals surface area contributed by atoms with Crippen molar-refractivity contribution in [3.63, 3.8) is 0 Å². The number of aromatic nitrogens is 3. The maximum absolute atomic E-state index is 5.91. The summed E-state index contributed by atoms with van der Waals surface area (Å²) in [5.41, 5.74) is 3.89. The molecule has 6 nitrogen and oxygen atoms in total. The molecule has 1 aliphatic rings. The first-order valence-electron chi connectivity index (χ1n) is 7.44. The Bertz CT molecular complexity index is 774. The van der Waals surface area contributed by atoms with E-state index in [4.69, 9.17) is 9.15 Å². The van der Waals surface area contributed by atoms with Gasteiger partial charge in [0.2, 0.25) is 0 Å². The fourth-order valence-corrected chi connectivity index (χ4v) is 2.93. The van der Waals surface area contributed by atoms with Crippen LogP contribution in [0, 0.1) is 6.92 Å². The predicted octanol–water partition coefficient (Wildman–Crippen LogP) is 2.81. The Labute approximate surface area is 128 Å². The number of nitrogens with zero attached hydrogens (tertiary/aromatic N) is 3. The number of para-hydroxylation sites is 2. The molecule has 0 bridgehead atoms. The van der Waals surface area contributed by atoms with E-state index in [0.29, 0.717) is 6.01 Å². The summed E-state index contributed by atoms with van der Waals surface area (Å²) in [6.45, 7) is 2.78. The van der Waals surface area contributed by atoms with Crippen LogP contribution in [0.25, 0.3) is 11.1 Å². The molecule has 0 saturated carbocycles. The molecule has 0 radical (unpaired) electrons. The van der Waals surface area contributed by atoms with Crippen LogP contribution in [0.4, 0.5) is 6.01 Å². The van der Waals surface area contributed by atoms with Crippen LogP contribution in [-0.2, 0) is 11.8 Å². The lowest BCUT2D eigenvalue weighted by Gasteiger charge is -2.18. The Kier molecular flexibility index (Phi) is 3.11. The predicted molar refractivity (Wildman–Crippen MR) is 82.7 cm³/mol. The van der Waals surface area contributed by atoms with Crippen molar-refractivity contribution in [3.05, 3.63) is 41.7 Å². The van der Waals surface area contributed by atoms with Gasteiger partial charge in [-0.05, 0) is 25.5 Å². The number of anilines is 1. The molecule has 1 fully saturated rings. The van der Waals surface area contributed by atoms with Crippen molar-refractivity contribution in [2.24, 2.45) is 7.05 Å². The maximum atomic E-state index is 5.91. The monoisotopic (exact) mass is 298 g/mol. The average molecular weight is 298 g/mol. The quantitative estimate of drug-likeness (QED) is 0.805. The first kappa shape index (κ1) is 13.3. The number of nitrogens with one attached hydrogen (secondary N) is 1. The molecule has 1 aliphatic heterocycles. The molecule has 0 unspecified atom stereocenters. The molecule has 1 N–H and O–H groups in total. The Morgan fingerprint density at radius 3 is 2.95 bits per heavy atom. The van der Waals surface area contributed by atoms with E-state index in [1.807, 2.05) is 42.2 Å². The highest BCUT2D eigenvalue weighted by atomic mass is 16.5. The van der Waals surface area contributed by atoms with Gasteiger partial charge in [0.05, 0.1) is 12.2 Å². The van der Waals surface area contributed by atoms with E-state index in [1.54, 1.807) is 0 Å². The van der Waals surface area contributed by atoms with Crippen molar-refractivity contribution in [1.29, 1.82) is 0 Å². The zero-order chi connectivity index (χ0) is 15.1. The maximum Gasteiger partial charge on any atom is 0.296 e. The van der Waals surface area contributed by atoms with Crippen LogP contribution in [0.15, 0.2) is 34.9 Å². The third-order valence-corrected chi connectivity index (χ3v) is 4.27. The van der Waals surface area contributed by atoms with Gasteiger partial charge in [0.15, 0.2) is 5.58 Å². The van der Waals surface area contributed by atoms with Crippen LogP contribution < -0.4 is 5.32 Å². The second kappa shape index (κ2) is 5.14. The Morgan fingerprint density at radius 1 is 1.32 bits per heavy atom. The third kappa shape index (κ3) is 2.16. The van der Waals surface area contributed by atoms with E-state index in [1.165, 1.54) is 0 Å². The van der Waals surface area contributed by atoms with E-state index in [0.717, 1.165) is 35.4 Å². The molecule has 22 heavy (non-hydrogen) atoms. The summed E-state index contributed by atoms with van der Waals surface area (Å²) in [5, 5.41) is 7.68. The molecule has 4 rings (SSSR count). The molecule has 1 saturated heterocycles. The number of benzene rings is 1. The third-order valence-electron chi connectivity index (χ3n) is 4.27. The van der Waals surface area contributed by atoms with Crippen molar-refractivity contribution in [2.75, 3.05) is 11.9 Å². The SMILES string of the molecule is Cc1c([C@H]2OCC[C@@H]2Nc2nc3ccccc3o2)cnn1C. The number of hydrogen-bond donors (Lipinski definition) is 1. The summed E-state index contributed by atoms with van der Waals surface area (Å²) in [6, 6.07) is 8.44. The van der Waals surface area contributed by atoms with Gasteiger partial charge in [-0.1, -0.05) is 12.1 Å². The lowest BCUT2D eigenvalue weighted by Crippen LogP contribution is -2.23. The highest BCUT2D eigenvalue weighted by Gasteiger charge is 2.33. The van der Waals surface area contributed by atoms with Crippen molar-refractivity contribution in [1.82, 2.24) is 14.8 Å². The molecule has 3 heterocycles. The Balaban J connectivity index is 1.60. The number of fused-ring (bicyclic) bond motifs is 1. The van der Waals surface area contributed by atoms with Gasteiger partial charge in [0, 0.05) is 24.9 Å². The van der Waals surface area contributed by atoms with Crippen molar-refractivity contribution >= 4 is 17.1 Å². The van der Waals surface area contributed by atoms with Gasteiger partial charge in [0.25, 0.3) is 6.01 Å². The van der Waals surface area contributed by atoms with Gasteiger partial charge in [-0.3, -0.25) is 4.68 Å². The second-order valence-electron chi connectivity index (χ2n) is 5.63. The zero-order valence-corrected chi connectivity index (χ0v) is 12.6. The summed E-state index contributed by atoms with van der Waals surface area (Å²) < 4.78 is 13.5. The van der Waals surface area contributed by atoms with Crippen molar-refractivity contribution in [3.8, 4) is 0 Å². The van der Waals surface area contributed by atoms with Gasteiger partial charge in [0.1, 0.15) is 11.6 Å². The Morgan fingerprint density at radius 2 is 2.18 bits per heavy atom. The first-order chi connectivity index (χ1) is 10.7. The molecule has 2 aromatic heterocycles. The smallest absolute Gasteiger partial charge is 0.296 e. The molecule has 0 spiro atoms. The first-order valence-corrected chi connectivity index (χ1v) is 7.44. The molecular formula is C16H18N4O2. The van der Waals surface area contributed by atoms with E-state index >= 15 is 0 Å². The Hall–Kier alpha value is -2.34. The van der Waals surface area contributed by atoms with Crippen LogP contribution in [0.3, 0.4) is 0 Å². The van der Waals surface area contributed by atoms with E-state index in [9.17, 15) is 0 Å². The lowest BCUT2D eigenvalue weighted by molar-refractivity contribution is 0.107. The number of ether oxygens (including phenoxy) is 1. The molecule has 0 aliphatic carbocycles. The van der Waals surface area contributed by atoms with Crippen LogP contribution in [0.5, 0.6) is 0 Å². The van der Waals surface area contributed by atoms with Gasteiger partial charge in [-0.15, -0.1) is 0 Å². The minimum absolute atomic E-state index is 0.0243. The highest BCUT2D eigenvalue weighted by molar-refractivity contribution is 5.74. The molecule has 114 valence electrons. The van der Waals surface area contributed by atoms with Crippen molar-refractivity contribution in [2.45, 2.75) is 25.5 Å². The summed E-state index contributed by atoms with van der Waals surface area (Å²) in [6.07, 6.45) is 2.77. The molecule has 3 aromatic rings.